The van der Waals surface area contributed by atoms with Gasteiger partial charge in [0.2, 0.25) is 11.8 Å². The molecule has 0 bridgehead atoms. The smallest absolute Gasteiger partial charge is 0.237 e. The number of aryl methyl sites for hydroxylation is 2. The number of likely N-dealkylation sites (tertiary alicyclic amines) is 1. The lowest BCUT2D eigenvalue weighted by molar-refractivity contribution is -0.125. The molecule has 0 spiro atoms. The van der Waals surface area contributed by atoms with E-state index in [-0.39, 0.29) is 23.9 Å². The standard InChI is InChI=1S/C22H33N3O2/c1-5-23-22(27)20-14-19(15-25(20)13-12-16(2)3)24-21(26)11-10-18-8-6-17(4)7-9-18/h6-9,12,19-20H,5,10-11,13-15H2,1-4H3,(H,23,27)(H,24,26)/t19-,20-/m0/s1. The van der Waals surface area contributed by atoms with E-state index < -0.39 is 0 Å². The SMILES string of the molecule is CCNC(=O)[C@@H]1C[C@H](NC(=O)CCc2ccc(C)cc2)CN1CC=C(C)C. The van der Waals surface area contributed by atoms with Crippen LogP contribution in [0, 0.1) is 6.92 Å². The quantitative estimate of drug-likeness (QED) is 0.691. The summed E-state index contributed by atoms with van der Waals surface area (Å²) in [4.78, 5) is 26.9. The van der Waals surface area contributed by atoms with E-state index in [4.69, 9.17) is 0 Å². The number of rotatable bonds is 8. The van der Waals surface area contributed by atoms with Crippen LogP contribution in [0.1, 0.15) is 44.7 Å². The molecule has 1 aliphatic heterocycles. The minimum atomic E-state index is -0.178. The van der Waals surface area contributed by atoms with Gasteiger partial charge < -0.3 is 10.6 Å². The minimum absolute atomic E-state index is 0.0219. The molecule has 0 radical (unpaired) electrons. The van der Waals surface area contributed by atoms with Gasteiger partial charge in [-0.05, 0) is 46.1 Å². The van der Waals surface area contributed by atoms with Crippen molar-refractivity contribution in [3.05, 3.63) is 47.0 Å². The highest BCUT2D eigenvalue weighted by Gasteiger charge is 2.36. The van der Waals surface area contributed by atoms with Crippen molar-refractivity contribution in [1.82, 2.24) is 15.5 Å². The van der Waals surface area contributed by atoms with Crippen molar-refractivity contribution in [2.75, 3.05) is 19.6 Å². The minimum Gasteiger partial charge on any atom is -0.355 e. The summed E-state index contributed by atoms with van der Waals surface area (Å²) in [5.74, 6) is 0.107. The van der Waals surface area contributed by atoms with E-state index in [1.807, 2.05) is 6.92 Å². The Bertz CT molecular complexity index is 663. The van der Waals surface area contributed by atoms with Crippen LogP contribution in [-0.4, -0.2) is 48.4 Å². The summed E-state index contributed by atoms with van der Waals surface area (Å²) in [6, 6.07) is 8.14. The highest BCUT2D eigenvalue weighted by molar-refractivity contribution is 5.82. The molecule has 1 aromatic carbocycles. The molecule has 1 aliphatic rings. The largest absolute Gasteiger partial charge is 0.355 e. The van der Waals surface area contributed by atoms with E-state index in [0.717, 1.165) is 13.0 Å². The summed E-state index contributed by atoms with van der Waals surface area (Å²) < 4.78 is 0. The lowest BCUT2D eigenvalue weighted by atomic mass is 10.1. The fourth-order valence-corrected chi connectivity index (χ4v) is 3.39. The number of likely N-dealkylation sites (N-methyl/N-ethyl adjacent to an activating group) is 1. The predicted octanol–water partition coefficient (Wildman–Crippen LogP) is 2.59. The van der Waals surface area contributed by atoms with E-state index in [9.17, 15) is 9.59 Å². The van der Waals surface area contributed by atoms with Gasteiger partial charge in [0.1, 0.15) is 0 Å². The molecule has 0 saturated carbocycles. The summed E-state index contributed by atoms with van der Waals surface area (Å²) in [5.41, 5.74) is 3.63. The Kier molecular flexibility index (Phi) is 8.04. The van der Waals surface area contributed by atoms with Gasteiger partial charge in [-0.2, -0.15) is 0 Å². The lowest BCUT2D eigenvalue weighted by Crippen LogP contribution is -2.43. The Balaban J connectivity index is 1.89. The third-order valence-electron chi connectivity index (χ3n) is 4.92. The summed E-state index contributed by atoms with van der Waals surface area (Å²) >= 11 is 0. The van der Waals surface area contributed by atoms with Crippen molar-refractivity contribution < 1.29 is 9.59 Å². The number of allylic oxidation sites excluding steroid dienone is 1. The molecular formula is C22H33N3O2. The number of nitrogens with zero attached hydrogens (tertiary/aromatic N) is 1. The number of carbonyl (C=O) groups excluding carboxylic acids is 2. The maximum absolute atomic E-state index is 12.4. The van der Waals surface area contributed by atoms with E-state index in [0.29, 0.717) is 25.9 Å². The molecule has 27 heavy (non-hydrogen) atoms. The van der Waals surface area contributed by atoms with Crippen LogP contribution < -0.4 is 10.6 Å². The van der Waals surface area contributed by atoms with Gasteiger partial charge in [-0.3, -0.25) is 14.5 Å². The molecule has 0 aliphatic carbocycles. The summed E-state index contributed by atoms with van der Waals surface area (Å²) in [6.07, 6.45) is 4.01. The van der Waals surface area contributed by atoms with Crippen LogP contribution in [0.3, 0.4) is 0 Å². The zero-order valence-electron chi connectivity index (χ0n) is 17.0. The van der Waals surface area contributed by atoms with Crippen LogP contribution in [0.4, 0.5) is 0 Å². The van der Waals surface area contributed by atoms with Crippen LogP contribution in [0.5, 0.6) is 0 Å². The van der Waals surface area contributed by atoms with E-state index >= 15 is 0 Å². The average molecular weight is 372 g/mol. The molecule has 1 fully saturated rings. The first-order valence-corrected chi connectivity index (χ1v) is 9.89. The predicted molar refractivity (Wildman–Crippen MR) is 110 cm³/mol. The second kappa shape index (κ2) is 10.3. The van der Waals surface area contributed by atoms with Crippen LogP contribution in [0.15, 0.2) is 35.9 Å². The van der Waals surface area contributed by atoms with E-state index in [1.165, 1.54) is 16.7 Å². The van der Waals surface area contributed by atoms with Crippen molar-refractivity contribution in [3.63, 3.8) is 0 Å². The normalized spacial score (nSPS) is 19.6. The molecule has 148 valence electrons. The summed E-state index contributed by atoms with van der Waals surface area (Å²) in [7, 11) is 0. The first-order chi connectivity index (χ1) is 12.9. The molecular weight excluding hydrogens is 338 g/mol. The first-order valence-electron chi connectivity index (χ1n) is 9.89. The van der Waals surface area contributed by atoms with Crippen LogP contribution in [0.2, 0.25) is 0 Å². The Morgan fingerprint density at radius 3 is 2.56 bits per heavy atom. The fourth-order valence-electron chi connectivity index (χ4n) is 3.39. The van der Waals surface area contributed by atoms with Gasteiger partial charge >= 0.3 is 0 Å². The first kappa shape index (κ1) is 21.2. The van der Waals surface area contributed by atoms with Crippen molar-refractivity contribution in [2.24, 2.45) is 0 Å². The number of nitrogens with one attached hydrogen (secondary N) is 2. The van der Waals surface area contributed by atoms with E-state index in [2.05, 4.69) is 66.6 Å². The molecule has 5 nitrogen and oxygen atoms in total. The monoisotopic (exact) mass is 371 g/mol. The fraction of sp³-hybridized carbons (Fsp3) is 0.545. The van der Waals surface area contributed by atoms with Crippen LogP contribution in [0.25, 0.3) is 0 Å². The van der Waals surface area contributed by atoms with Crippen molar-refractivity contribution >= 4 is 11.8 Å². The van der Waals surface area contributed by atoms with Gasteiger partial charge in [-0.25, -0.2) is 0 Å². The molecule has 5 heteroatoms. The van der Waals surface area contributed by atoms with Crippen LogP contribution >= 0.6 is 0 Å². The highest BCUT2D eigenvalue weighted by atomic mass is 16.2. The lowest BCUT2D eigenvalue weighted by Gasteiger charge is -2.21. The molecule has 2 N–H and O–H groups in total. The molecule has 0 aromatic heterocycles. The number of amides is 2. The second-order valence-electron chi connectivity index (χ2n) is 7.63. The van der Waals surface area contributed by atoms with Gasteiger partial charge in [0.15, 0.2) is 0 Å². The topological polar surface area (TPSA) is 61.4 Å². The molecule has 0 unspecified atom stereocenters. The van der Waals surface area contributed by atoms with E-state index in [1.54, 1.807) is 0 Å². The molecule has 1 saturated heterocycles. The van der Waals surface area contributed by atoms with Gasteiger partial charge in [-0.15, -0.1) is 0 Å². The Labute approximate surface area is 163 Å². The van der Waals surface area contributed by atoms with Gasteiger partial charge in [-0.1, -0.05) is 41.5 Å². The number of hydrogen-bond acceptors (Lipinski definition) is 3. The zero-order valence-corrected chi connectivity index (χ0v) is 17.0. The van der Waals surface area contributed by atoms with Crippen molar-refractivity contribution in [2.45, 2.75) is 59.0 Å². The number of carbonyl (C=O) groups is 2. The third-order valence-corrected chi connectivity index (χ3v) is 4.92. The van der Waals surface area contributed by atoms with Gasteiger partial charge in [0.25, 0.3) is 0 Å². The molecule has 2 rings (SSSR count). The maximum atomic E-state index is 12.4. The summed E-state index contributed by atoms with van der Waals surface area (Å²) in [6.45, 7) is 10.2. The Morgan fingerprint density at radius 2 is 1.93 bits per heavy atom. The van der Waals surface area contributed by atoms with Crippen molar-refractivity contribution in [3.8, 4) is 0 Å². The zero-order chi connectivity index (χ0) is 19.8. The Morgan fingerprint density at radius 1 is 1.22 bits per heavy atom. The van der Waals surface area contributed by atoms with Crippen molar-refractivity contribution in [1.29, 1.82) is 0 Å². The molecule has 2 atom stereocenters. The number of benzene rings is 1. The molecule has 2 amide bonds. The molecule has 1 aromatic rings. The van der Waals surface area contributed by atoms with Gasteiger partial charge in [0, 0.05) is 32.1 Å². The third kappa shape index (κ3) is 6.83. The Hall–Kier alpha value is -2.14. The van der Waals surface area contributed by atoms with Crippen LogP contribution in [-0.2, 0) is 16.0 Å². The highest BCUT2D eigenvalue weighted by Crippen LogP contribution is 2.19. The van der Waals surface area contributed by atoms with Gasteiger partial charge in [0.05, 0.1) is 6.04 Å². The second-order valence-corrected chi connectivity index (χ2v) is 7.63. The summed E-state index contributed by atoms with van der Waals surface area (Å²) in [5, 5.41) is 6.04. The molecule has 1 heterocycles. The maximum Gasteiger partial charge on any atom is 0.237 e. The average Bonchev–Trinajstić information content (AvgIpc) is 3.02. The number of hydrogen-bond donors (Lipinski definition) is 2.